The van der Waals surface area contributed by atoms with E-state index in [0.717, 1.165) is 14.6 Å². The number of aromatic amines is 1. The molecule has 17 heavy (non-hydrogen) atoms. The lowest BCUT2D eigenvalue weighted by atomic mass is 10.1. The number of rotatable bonds is 1. The first-order valence-electron chi connectivity index (χ1n) is 5.26. The summed E-state index contributed by atoms with van der Waals surface area (Å²) in [5.41, 5.74) is 3.47. The van der Waals surface area contributed by atoms with Gasteiger partial charge in [0.1, 0.15) is 0 Å². The molecule has 0 bridgehead atoms. The van der Waals surface area contributed by atoms with Crippen molar-refractivity contribution in [3.05, 3.63) is 57.5 Å². The van der Waals surface area contributed by atoms with E-state index < -0.39 is 0 Å². The Morgan fingerprint density at radius 2 is 1.53 bits per heavy atom. The van der Waals surface area contributed by atoms with E-state index in [1.165, 1.54) is 16.5 Å². The number of H-pyrrole nitrogens is 1. The van der Waals surface area contributed by atoms with Crippen molar-refractivity contribution < 1.29 is 0 Å². The second kappa shape index (κ2) is 4.31. The Balaban J connectivity index is 2.20. The standard InChI is InChI=1S/C14H9Br2N/c15-11-5-10(6-12(16)8-11)14-7-9-3-1-2-4-13(9)17-14/h1-8,17H. The Labute approximate surface area is 116 Å². The van der Waals surface area contributed by atoms with Crippen LogP contribution in [0.5, 0.6) is 0 Å². The molecule has 0 radical (unpaired) electrons. The van der Waals surface area contributed by atoms with E-state index in [9.17, 15) is 0 Å². The summed E-state index contributed by atoms with van der Waals surface area (Å²) >= 11 is 7.02. The van der Waals surface area contributed by atoms with Gasteiger partial charge in [-0.2, -0.15) is 0 Å². The van der Waals surface area contributed by atoms with E-state index in [1.54, 1.807) is 0 Å². The molecule has 1 aromatic heterocycles. The fourth-order valence-corrected chi connectivity index (χ4v) is 3.23. The number of nitrogens with one attached hydrogen (secondary N) is 1. The van der Waals surface area contributed by atoms with E-state index in [2.05, 4.69) is 73.2 Å². The van der Waals surface area contributed by atoms with Gasteiger partial charge in [0.25, 0.3) is 0 Å². The number of aromatic nitrogens is 1. The van der Waals surface area contributed by atoms with Gasteiger partial charge in [-0.05, 0) is 30.3 Å². The lowest BCUT2D eigenvalue weighted by Gasteiger charge is -2.00. The molecule has 3 rings (SSSR count). The number of fused-ring (bicyclic) bond motifs is 1. The third kappa shape index (κ3) is 2.17. The zero-order chi connectivity index (χ0) is 11.8. The smallest absolute Gasteiger partial charge is 0.0465 e. The first kappa shape index (κ1) is 11.1. The molecular weight excluding hydrogens is 342 g/mol. The van der Waals surface area contributed by atoms with Gasteiger partial charge in [0.2, 0.25) is 0 Å². The summed E-state index contributed by atoms with van der Waals surface area (Å²) in [5.74, 6) is 0. The maximum absolute atomic E-state index is 3.51. The van der Waals surface area contributed by atoms with Crippen LogP contribution in [0.15, 0.2) is 57.5 Å². The second-order valence-electron chi connectivity index (χ2n) is 3.93. The fraction of sp³-hybridized carbons (Fsp3) is 0. The zero-order valence-corrected chi connectivity index (χ0v) is 12.0. The predicted molar refractivity (Wildman–Crippen MR) is 79.1 cm³/mol. The molecule has 0 amide bonds. The van der Waals surface area contributed by atoms with Crippen LogP contribution in [0.4, 0.5) is 0 Å². The Hall–Kier alpha value is -1.06. The lowest BCUT2D eigenvalue weighted by molar-refractivity contribution is 1.44. The number of halogens is 2. The largest absolute Gasteiger partial charge is 0.355 e. The van der Waals surface area contributed by atoms with Gasteiger partial charge in [-0.3, -0.25) is 0 Å². The first-order valence-corrected chi connectivity index (χ1v) is 6.85. The molecule has 2 aromatic carbocycles. The molecule has 1 nitrogen and oxygen atoms in total. The van der Waals surface area contributed by atoms with Crippen LogP contribution < -0.4 is 0 Å². The van der Waals surface area contributed by atoms with Crippen molar-refractivity contribution in [2.24, 2.45) is 0 Å². The van der Waals surface area contributed by atoms with Gasteiger partial charge in [-0.15, -0.1) is 0 Å². The summed E-state index contributed by atoms with van der Waals surface area (Å²) in [7, 11) is 0. The van der Waals surface area contributed by atoms with Crippen molar-refractivity contribution in [1.82, 2.24) is 4.98 Å². The zero-order valence-electron chi connectivity index (χ0n) is 8.87. The highest BCUT2D eigenvalue weighted by Crippen LogP contribution is 2.29. The quantitative estimate of drug-likeness (QED) is 0.608. The molecule has 0 fully saturated rings. The number of benzene rings is 2. The molecule has 0 unspecified atom stereocenters. The molecular formula is C14H9Br2N. The third-order valence-corrected chi connectivity index (χ3v) is 3.62. The molecule has 1 N–H and O–H groups in total. The Bertz CT molecular complexity index is 632. The fourth-order valence-electron chi connectivity index (χ4n) is 1.94. The molecule has 0 atom stereocenters. The number of hydrogen-bond acceptors (Lipinski definition) is 0. The van der Waals surface area contributed by atoms with E-state index in [-0.39, 0.29) is 0 Å². The minimum Gasteiger partial charge on any atom is -0.355 e. The number of hydrogen-bond donors (Lipinski definition) is 1. The van der Waals surface area contributed by atoms with Gasteiger partial charge in [0, 0.05) is 31.1 Å². The Kier molecular flexibility index (Phi) is 2.81. The van der Waals surface area contributed by atoms with Crippen LogP contribution in [-0.2, 0) is 0 Å². The summed E-state index contributed by atoms with van der Waals surface area (Å²) in [5, 5.41) is 1.23. The van der Waals surface area contributed by atoms with E-state index in [4.69, 9.17) is 0 Å². The Morgan fingerprint density at radius 3 is 2.24 bits per heavy atom. The average molecular weight is 351 g/mol. The van der Waals surface area contributed by atoms with E-state index in [0.29, 0.717) is 0 Å². The summed E-state index contributed by atoms with van der Waals surface area (Å²) in [6.45, 7) is 0. The highest BCUT2D eigenvalue weighted by Gasteiger charge is 2.04. The minimum atomic E-state index is 1.07. The Morgan fingerprint density at radius 1 is 0.824 bits per heavy atom. The molecule has 84 valence electrons. The molecule has 3 aromatic rings. The normalized spacial score (nSPS) is 10.9. The summed E-state index contributed by atoms with van der Waals surface area (Å²) < 4.78 is 2.14. The SMILES string of the molecule is Brc1cc(Br)cc(-c2cc3ccccc3[nH]2)c1. The van der Waals surface area contributed by atoms with Crippen molar-refractivity contribution in [3.63, 3.8) is 0 Å². The van der Waals surface area contributed by atoms with Gasteiger partial charge in [-0.25, -0.2) is 0 Å². The first-order chi connectivity index (χ1) is 8.22. The van der Waals surface area contributed by atoms with Crippen LogP contribution in [0.1, 0.15) is 0 Å². The summed E-state index contributed by atoms with van der Waals surface area (Å²) in [6.07, 6.45) is 0. The van der Waals surface area contributed by atoms with E-state index >= 15 is 0 Å². The maximum atomic E-state index is 3.51. The monoisotopic (exact) mass is 349 g/mol. The van der Waals surface area contributed by atoms with Crippen LogP contribution in [0.2, 0.25) is 0 Å². The van der Waals surface area contributed by atoms with Gasteiger partial charge >= 0.3 is 0 Å². The maximum Gasteiger partial charge on any atom is 0.0465 e. The summed E-state index contributed by atoms with van der Waals surface area (Å²) in [6, 6.07) is 16.7. The minimum absolute atomic E-state index is 1.07. The third-order valence-electron chi connectivity index (χ3n) is 2.70. The molecule has 3 heteroatoms. The summed E-state index contributed by atoms with van der Waals surface area (Å²) in [4.78, 5) is 3.42. The lowest BCUT2D eigenvalue weighted by Crippen LogP contribution is -1.78. The molecule has 0 aliphatic rings. The second-order valence-corrected chi connectivity index (χ2v) is 5.76. The van der Waals surface area contributed by atoms with Crippen LogP contribution in [0.25, 0.3) is 22.2 Å². The molecule has 0 spiro atoms. The van der Waals surface area contributed by atoms with Crippen molar-refractivity contribution in [1.29, 1.82) is 0 Å². The molecule has 0 aliphatic carbocycles. The van der Waals surface area contributed by atoms with Crippen molar-refractivity contribution >= 4 is 42.8 Å². The van der Waals surface area contributed by atoms with Crippen molar-refractivity contribution in [2.75, 3.05) is 0 Å². The van der Waals surface area contributed by atoms with Gasteiger partial charge in [0.05, 0.1) is 0 Å². The number of para-hydroxylation sites is 1. The van der Waals surface area contributed by atoms with Crippen molar-refractivity contribution in [2.45, 2.75) is 0 Å². The van der Waals surface area contributed by atoms with Crippen LogP contribution >= 0.6 is 31.9 Å². The topological polar surface area (TPSA) is 15.8 Å². The highest BCUT2D eigenvalue weighted by molar-refractivity contribution is 9.11. The van der Waals surface area contributed by atoms with E-state index in [1.807, 2.05) is 12.1 Å². The van der Waals surface area contributed by atoms with Gasteiger partial charge in [0.15, 0.2) is 0 Å². The van der Waals surface area contributed by atoms with Crippen molar-refractivity contribution in [3.8, 4) is 11.3 Å². The molecule has 0 saturated carbocycles. The van der Waals surface area contributed by atoms with Crippen LogP contribution in [-0.4, -0.2) is 4.98 Å². The molecule has 0 aliphatic heterocycles. The van der Waals surface area contributed by atoms with Crippen LogP contribution in [0, 0.1) is 0 Å². The van der Waals surface area contributed by atoms with Gasteiger partial charge in [-0.1, -0.05) is 50.1 Å². The molecule has 1 heterocycles. The van der Waals surface area contributed by atoms with Gasteiger partial charge < -0.3 is 4.98 Å². The highest BCUT2D eigenvalue weighted by atomic mass is 79.9. The average Bonchev–Trinajstić information content (AvgIpc) is 2.71. The predicted octanol–water partition coefficient (Wildman–Crippen LogP) is 5.36. The van der Waals surface area contributed by atoms with Crippen LogP contribution in [0.3, 0.4) is 0 Å². The molecule has 0 saturated heterocycles.